The van der Waals surface area contributed by atoms with E-state index in [2.05, 4.69) is 5.38 Å². The molecule has 1 N–H and O–H groups in total. The van der Waals surface area contributed by atoms with E-state index in [0.717, 1.165) is 11.5 Å². The van der Waals surface area contributed by atoms with Gasteiger partial charge in [-0.05, 0) is 40.6 Å². The molecular weight excluding hydrogens is 144 g/mol. The lowest BCUT2D eigenvalue weighted by molar-refractivity contribution is 0.281. The highest BCUT2D eigenvalue weighted by atomic mass is 32.1. The van der Waals surface area contributed by atoms with Crippen molar-refractivity contribution in [3.8, 4) is 0 Å². The van der Waals surface area contributed by atoms with Gasteiger partial charge in [-0.3, -0.25) is 0 Å². The Morgan fingerprint density at radius 1 is 1.50 bits per heavy atom. The van der Waals surface area contributed by atoms with Crippen molar-refractivity contribution < 1.29 is 5.11 Å². The van der Waals surface area contributed by atoms with E-state index in [0.29, 0.717) is 0 Å². The van der Waals surface area contributed by atoms with E-state index in [4.69, 9.17) is 5.11 Å². The molecule has 1 heterocycles. The number of aliphatic hydroxyl groups is 1. The summed E-state index contributed by atoms with van der Waals surface area (Å²) < 4.78 is 0. The normalized spacial score (nSPS) is 17.7. The van der Waals surface area contributed by atoms with Crippen molar-refractivity contribution >= 4 is 11.3 Å². The summed E-state index contributed by atoms with van der Waals surface area (Å²) in [5.41, 5.74) is 2.54. The molecule has 0 aromatic carbocycles. The monoisotopic (exact) mass is 154 g/mol. The molecule has 2 heteroatoms. The zero-order chi connectivity index (χ0) is 6.97. The maximum atomic E-state index is 8.89. The van der Waals surface area contributed by atoms with Gasteiger partial charge in [-0.1, -0.05) is 0 Å². The number of rotatable bonds is 2. The first-order valence-corrected chi connectivity index (χ1v) is 4.52. The molecule has 1 aromatic rings. The minimum atomic E-state index is 0.218. The van der Waals surface area contributed by atoms with E-state index in [-0.39, 0.29) is 6.61 Å². The van der Waals surface area contributed by atoms with Gasteiger partial charge in [0.05, 0.1) is 6.61 Å². The Labute approximate surface area is 64.3 Å². The lowest BCUT2D eigenvalue weighted by Gasteiger charge is -1.95. The predicted octanol–water partition coefficient (Wildman–Crippen LogP) is 2.12. The standard InChI is InChI=1S/C8H10OS/c9-3-7-4-10-5-8(7)6-1-2-6/h4-6,9H,1-3H2. The van der Waals surface area contributed by atoms with Crippen LogP contribution < -0.4 is 0 Å². The van der Waals surface area contributed by atoms with Gasteiger partial charge in [0.15, 0.2) is 0 Å². The van der Waals surface area contributed by atoms with Crippen molar-refractivity contribution in [2.24, 2.45) is 0 Å². The largest absolute Gasteiger partial charge is 0.392 e. The van der Waals surface area contributed by atoms with Gasteiger partial charge in [0.1, 0.15) is 0 Å². The van der Waals surface area contributed by atoms with E-state index in [1.54, 1.807) is 11.3 Å². The van der Waals surface area contributed by atoms with Gasteiger partial charge in [-0.15, -0.1) is 0 Å². The van der Waals surface area contributed by atoms with Gasteiger partial charge < -0.3 is 5.11 Å². The molecule has 10 heavy (non-hydrogen) atoms. The molecule has 1 nitrogen and oxygen atoms in total. The molecular formula is C8H10OS. The topological polar surface area (TPSA) is 20.2 Å². The third-order valence-corrected chi connectivity index (χ3v) is 2.77. The molecule has 1 fully saturated rings. The lowest BCUT2D eigenvalue weighted by atomic mass is 10.1. The summed E-state index contributed by atoms with van der Waals surface area (Å²) in [6.45, 7) is 0.218. The van der Waals surface area contributed by atoms with E-state index in [9.17, 15) is 0 Å². The van der Waals surface area contributed by atoms with E-state index in [1.165, 1.54) is 18.4 Å². The fourth-order valence-electron chi connectivity index (χ4n) is 1.21. The SMILES string of the molecule is OCc1cscc1C1CC1. The Hall–Kier alpha value is -0.340. The van der Waals surface area contributed by atoms with Crippen molar-refractivity contribution in [1.82, 2.24) is 0 Å². The zero-order valence-electron chi connectivity index (χ0n) is 5.71. The van der Waals surface area contributed by atoms with Crippen LogP contribution in [0.5, 0.6) is 0 Å². The molecule has 0 saturated heterocycles. The smallest absolute Gasteiger partial charge is 0.0692 e. The molecule has 1 aromatic heterocycles. The molecule has 2 rings (SSSR count). The van der Waals surface area contributed by atoms with Gasteiger partial charge in [0, 0.05) is 0 Å². The highest BCUT2D eigenvalue weighted by Crippen LogP contribution is 2.42. The van der Waals surface area contributed by atoms with Gasteiger partial charge in [0.25, 0.3) is 0 Å². The first kappa shape index (κ1) is 6.38. The van der Waals surface area contributed by atoms with Crippen molar-refractivity contribution in [3.63, 3.8) is 0 Å². The second-order valence-corrected chi connectivity index (χ2v) is 3.53. The average molecular weight is 154 g/mol. The van der Waals surface area contributed by atoms with Crippen LogP contribution >= 0.6 is 11.3 Å². The van der Waals surface area contributed by atoms with Crippen LogP contribution in [0.3, 0.4) is 0 Å². The quantitative estimate of drug-likeness (QED) is 0.691. The summed E-state index contributed by atoms with van der Waals surface area (Å²) in [6.07, 6.45) is 2.65. The summed E-state index contributed by atoms with van der Waals surface area (Å²) in [5.74, 6) is 0.786. The molecule has 0 aliphatic heterocycles. The molecule has 0 bridgehead atoms. The minimum Gasteiger partial charge on any atom is -0.392 e. The molecule has 1 saturated carbocycles. The number of hydrogen-bond donors (Lipinski definition) is 1. The highest BCUT2D eigenvalue weighted by molar-refractivity contribution is 7.08. The molecule has 0 amide bonds. The number of thiophene rings is 1. The summed E-state index contributed by atoms with van der Waals surface area (Å²) in [7, 11) is 0. The number of aliphatic hydroxyl groups excluding tert-OH is 1. The van der Waals surface area contributed by atoms with Gasteiger partial charge in [0.2, 0.25) is 0 Å². The van der Waals surface area contributed by atoms with Crippen LogP contribution in [0.1, 0.15) is 29.9 Å². The van der Waals surface area contributed by atoms with Crippen molar-refractivity contribution in [2.45, 2.75) is 25.4 Å². The second-order valence-electron chi connectivity index (χ2n) is 2.78. The van der Waals surface area contributed by atoms with Crippen molar-refractivity contribution in [1.29, 1.82) is 0 Å². The van der Waals surface area contributed by atoms with Gasteiger partial charge in [-0.2, -0.15) is 11.3 Å². The van der Waals surface area contributed by atoms with Crippen molar-refractivity contribution in [2.75, 3.05) is 0 Å². The highest BCUT2D eigenvalue weighted by Gasteiger charge is 2.25. The van der Waals surface area contributed by atoms with Crippen LogP contribution in [0.15, 0.2) is 10.8 Å². The van der Waals surface area contributed by atoms with Gasteiger partial charge in [-0.25, -0.2) is 0 Å². The Morgan fingerprint density at radius 3 is 2.90 bits per heavy atom. The summed E-state index contributed by atoms with van der Waals surface area (Å²) in [4.78, 5) is 0. The third kappa shape index (κ3) is 0.976. The Kier molecular flexibility index (Phi) is 1.51. The summed E-state index contributed by atoms with van der Waals surface area (Å²) in [5, 5.41) is 13.1. The summed E-state index contributed by atoms with van der Waals surface area (Å²) >= 11 is 1.70. The van der Waals surface area contributed by atoms with E-state index in [1.807, 2.05) is 5.38 Å². The van der Waals surface area contributed by atoms with Crippen LogP contribution in [0.2, 0.25) is 0 Å². The Bertz CT molecular complexity index is 225. The fraction of sp³-hybridized carbons (Fsp3) is 0.500. The minimum absolute atomic E-state index is 0.218. The van der Waals surface area contributed by atoms with Crippen LogP contribution in [0.4, 0.5) is 0 Å². The summed E-state index contributed by atoms with van der Waals surface area (Å²) in [6, 6.07) is 0. The lowest BCUT2D eigenvalue weighted by Crippen LogP contribution is -1.84. The van der Waals surface area contributed by atoms with Crippen LogP contribution in [-0.4, -0.2) is 5.11 Å². The van der Waals surface area contributed by atoms with E-state index >= 15 is 0 Å². The molecule has 54 valence electrons. The van der Waals surface area contributed by atoms with Crippen molar-refractivity contribution in [3.05, 3.63) is 21.9 Å². The molecule has 1 aliphatic rings. The van der Waals surface area contributed by atoms with Crippen LogP contribution in [0, 0.1) is 0 Å². The molecule has 0 spiro atoms. The van der Waals surface area contributed by atoms with Crippen LogP contribution in [-0.2, 0) is 6.61 Å². The average Bonchev–Trinajstić information content (AvgIpc) is 2.69. The first-order valence-electron chi connectivity index (χ1n) is 3.57. The van der Waals surface area contributed by atoms with E-state index < -0.39 is 0 Å². The zero-order valence-corrected chi connectivity index (χ0v) is 6.53. The number of hydrogen-bond acceptors (Lipinski definition) is 2. The maximum absolute atomic E-state index is 8.89. The predicted molar refractivity (Wildman–Crippen MR) is 42.2 cm³/mol. The molecule has 0 radical (unpaired) electrons. The molecule has 0 atom stereocenters. The fourth-order valence-corrected chi connectivity index (χ4v) is 2.15. The first-order chi connectivity index (χ1) is 4.92. The maximum Gasteiger partial charge on any atom is 0.0692 e. The third-order valence-electron chi connectivity index (χ3n) is 1.96. The van der Waals surface area contributed by atoms with Gasteiger partial charge >= 0.3 is 0 Å². The Morgan fingerprint density at radius 2 is 2.30 bits per heavy atom. The molecule has 1 aliphatic carbocycles. The Balaban J connectivity index is 2.28. The molecule has 0 unspecified atom stereocenters. The second kappa shape index (κ2) is 2.36. The van der Waals surface area contributed by atoms with Crippen LogP contribution in [0.25, 0.3) is 0 Å².